The molecule has 0 saturated heterocycles. The number of aliphatic imine (C=N–C) groups is 3. The normalized spacial score (nSPS) is 17.3. The highest BCUT2D eigenvalue weighted by Gasteiger charge is 2.34. The minimum atomic E-state index is -0.311. The second-order valence-corrected chi connectivity index (χ2v) is 18.1. The van der Waals surface area contributed by atoms with Crippen LogP contribution in [0.15, 0.2) is 212 Å². The monoisotopic (exact) mass is 940 g/mol. The summed E-state index contributed by atoms with van der Waals surface area (Å²) in [5.74, 6) is 8.65. The zero-order valence-corrected chi connectivity index (χ0v) is 39.6. The molecule has 72 heavy (non-hydrogen) atoms. The van der Waals surface area contributed by atoms with Crippen LogP contribution in [-0.2, 0) is 0 Å². The Morgan fingerprint density at radius 2 is 0.958 bits per heavy atom. The molecule has 12 heteroatoms. The number of ether oxygens (including phenoxy) is 4. The van der Waals surface area contributed by atoms with Gasteiger partial charge in [-0.05, 0) is 141 Å². The van der Waals surface area contributed by atoms with Gasteiger partial charge in [0, 0.05) is 38.2 Å². The van der Waals surface area contributed by atoms with Gasteiger partial charge in [0.25, 0.3) is 0 Å². The Bertz CT molecular complexity index is 4090. The van der Waals surface area contributed by atoms with Crippen molar-refractivity contribution in [3.05, 3.63) is 231 Å². The van der Waals surface area contributed by atoms with E-state index in [0.29, 0.717) is 68.9 Å². The van der Waals surface area contributed by atoms with Crippen molar-refractivity contribution in [3.8, 4) is 40.2 Å². The maximum absolute atomic E-state index is 6.51. The summed E-state index contributed by atoms with van der Waals surface area (Å²) in [6.45, 7) is 8.12. The largest absolute Gasteiger partial charge is 0.457 e. The molecule has 1 unspecified atom stereocenters. The van der Waals surface area contributed by atoms with Gasteiger partial charge >= 0.3 is 0 Å². The van der Waals surface area contributed by atoms with E-state index in [0.717, 1.165) is 83.5 Å². The van der Waals surface area contributed by atoms with E-state index in [-0.39, 0.29) is 5.92 Å². The van der Waals surface area contributed by atoms with Gasteiger partial charge in [-0.25, -0.2) is 25.0 Å². The first-order chi connectivity index (χ1) is 35.2. The number of aromatic amines is 2. The number of nitrogens with one attached hydrogen (secondary N) is 3. The number of fused-ring (bicyclic) bond motifs is 18. The molecule has 13 rings (SSSR count). The quantitative estimate of drug-likeness (QED) is 0.139. The number of amidine groups is 3. The van der Waals surface area contributed by atoms with Gasteiger partial charge in [-0.15, -0.1) is 0 Å². The van der Waals surface area contributed by atoms with Crippen molar-refractivity contribution in [1.82, 2.24) is 15.3 Å². The number of para-hydroxylation sites is 4. The molecule has 2 aromatic heterocycles. The smallest absolute Gasteiger partial charge is 0.164 e. The molecular weight excluding hydrogens is 897 g/mol. The Balaban J connectivity index is 1.04. The molecule has 12 nitrogen and oxygen atoms in total. The molecule has 1 aliphatic carbocycles. The second kappa shape index (κ2) is 17.1. The number of hydrogen-bond donors (Lipinski definition) is 3. The maximum Gasteiger partial charge on any atom is 0.164 e. The van der Waals surface area contributed by atoms with Gasteiger partial charge in [0.05, 0.1) is 5.92 Å². The number of hydrogen-bond acceptors (Lipinski definition) is 10. The molecule has 0 fully saturated rings. The number of nitrogens with zero attached hydrogens (tertiary/aromatic N) is 5. The first-order valence-corrected chi connectivity index (χ1v) is 23.8. The number of aromatic nitrogens is 2. The van der Waals surface area contributed by atoms with Crippen LogP contribution >= 0.6 is 0 Å². The van der Waals surface area contributed by atoms with Crippen molar-refractivity contribution in [3.63, 3.8) is 0 Å². The molecule has 0 saturated carbocycles. The number of benzene rings is 7. The van der Waals surface area contributed by atoms with Crippen LogP contribution < -0.4 is 35.2 Å². The third kappa shape index (κ3) is 7.71. The van der Waals surface area contributed by atoms with Crippen LogP contribution in [-0.4, -0.2) is 27.5 Å². The summed E-state index contributed by atoms with van der Waals surface area (Å²) in [6, 6.07) is 49.7. The molecule has 1 atom stereocenters. The van der Waals surface area contributed by atoms with Crippen LogP contribution in [0.2, 0.25) is 0 Å². The van der Waals surface area contributed by atoms with Crippen molar-refractivity contribution >= 4 is 50.7 Å². The average molecular weight is 941 g/mol. The summed E-state index contributed by atoms with van der Waals surface area (Å²) in [5.41, 5.74) is 7.60. The maximum atomic E-state index is 6.51. The van der Waals surface area contributed by atoms with E-state index >= 15 is 0 Å². The van der Waals surface area contributed by atoms with Crippen LogP contribution in [0.3, 0.4) is 0 Å². The van der Waals surface area contributed by atoms with Crippen molar-refractivity contribution in [2.75, 3.05) is 0 Å². The van der Waals surface area contributed by atoms with Crippen molar-refractivity contribution in [2.24, 2.45) is 30.9 Å². The fraction of sp³-hybridized carbons (Fsp3) is 0.0833. The molecule has 5 heterocycles. The van der Waals surface area contributed by atoms with Gasteiger partial charge in [-0.3, -0.25) is 0 Å². The van der Waals surface area contributed by atoms with Gasteiger partial charge in [-0.2, -0.15) is 0 Å². The Labute approximate surface area is 413 Å². The molecule has 0 radical (unpaired) electrons. The highest BCUT2D eigenvalue weighted by Crippen LogP contribution is 2.41. The standard InChI is InChI=1S/C60H44N8O4/c1-33-13-5-9-17-49(33)69-37-21-25-41-45(29-37)57-61-53(41)66-58-47-31-39(71-51-19-11-7-15-35(51)3)23-27-43(47)55(63-58)68-60-48-32-40(72-52-20-12-8-16-36(52)4)24-28-44(48)56(64-60)67-59-46-30-38(22-26-42(46)54(62-59)65-57)70-50-18-10-6-14-34(50)2/h5-32,41,63H,1-4H3,(H,61,66)(H,62,64,65,67,68). The van der Waals surface area contributed by atoms with E-state index in [1.165, 1.54) is 0 Å². The molecule has 8 bridgehead atoms. The Hall–Kier alpha value is -9.55. The minimum absolute atomic E-state index is 0.311. The summed E-state index contributed by atoms with van der Waals surface area (Å²) in [6.07, 6.45) is 6.10. The Morgan fingerprint density at radius 1 is 0.431 bits per heavy atom. The van der Waals surface area contributed by atoms with Gasteiger partial charge < -0.3 is 34.2 Å². The third-order valence-electron chi connectivity index (χ3n) is 13.2. The molecule has 3 aliphatic heterocycles. The van der Waals surface area contributed by atoms with Crippen LogP contribution in [0.4, 0.5) is 11.6 Å². The van der Waals surface area contributed by atoms with Gasteiger partial charge in [0.2, 0.25) is 0 Å². The van der Waals surface area contributed by atoms with E-state index < -0.39 is 0 Å². The molecule has 348 valence electrons. The predicted molar refractivity (Wildman–Crippen MR) is 282 cm³/mol. The SMILES string of the molecule is Cc1ccccc1OC1=CC2=C3/N=C4\N=C(N=c5[nH]/c(c6cc(Oc7ccccc7C)ccc56)=N\c5[nH]c(c6cc(Oc7ccccc7C)ccc56)/N=C(\N3)C2C=C1)c1cc(Oc2ccccc2C)ccc14. The summed E-state index contributed by atoms with van der Waals surface area (Å²) < 4.78 is 26.0. The minimum Gasteiger partial charge on any atom is -0.457 e. The Kier molecular flexibility index (Phi) is 10.1. The Morgan fingerprint density at radius 3 is 1.60 bits per heavy atom. The topological polar surface area (TPSA) is 142 Å². The molecule has 3 N–H and O–H groups in total. The van der Waals surface area contributed by atoms with Crippen LogP contribution in [0, 0.1) is 33.6 Å². The summed E-state index contributed by atoms with van der Waals surface area (Å²) >= 11 is 0. The first kappa shape index (κ1) is 42.5. The van der Waals surface area contributed by atoms with Crippen molar-refractivity contribution in [2.45, 2.75) is 27.7 Å². The van der Waals surface area contributed by atoms with Crippen LogP contribution in [0.25, 0.3) is 21.5 Å². The molecule has 7 aromatic carbocycles. The fourth-order valence-corrected chi connectivity index (χ4v) is 9.38. The highest BCUT2D eigenvalue weighted by atomic mass is 16.5. The predicted octanol–water partition coefficient (Wildman–Crippen LogP) is 13.0. The fourth-order valence-electron chi connectivity index (χ4n) is 9.38. The zero-order chi connectivity index (χ0) is 48.5. The lowest BCUT2D eigenvalue weighted by molar-refractivity contribution is 0.438. The first-order valence-electron chi connectivity index (χ1n) is 23.8. The van der Waals surface area contributed by atoms with Crippen LogP contribution in [0.5, 0.6) is 40.2 Å². The average Bonchev–Trinajstić information content (AvgIpc) is 4.12. The number of allylic oxidation sites excluding steroid dienone is 2. The van der Waals surface area contributed by atoms with E-state index in [2.05, 4.69) is 21.4 Å². The molecule has 4 aliphatic rings. The van der Waals surface area contributed by atoms with Gasteiger partial charge in [0.15, 0.2) is 11.7 Å². The number of rotatable bonds is 8. The van der Waals surface area contributed by atoms with Gasteiger partial charge in [-0.1, -0.05) is 78.9 Å². The van der Waals surface area contributed by atoms with E-state index in [1.54, 1.807) is 0 Å². The van der Waals surface area contributed by atoms with E-state index in [9.17, 15) is 0 Å². The zero-order valence-electron chi connectivity index (χ0n) is 39.6. The lowest BCUT2D eigenvalue weighted by Crippen LogP contribution is -2.21. The second-order valence-electron chi connectivity index (χ2n) is 18.1. The van der Waals surface area contributed by atoms with E-state index in [4.69, 9.17) is 43.9 Å². The van der Waals surface area contributed by atoms with Crippen LogP contribution in [0.1, 0.15) is 33.4 Å². The van der Waals surface area contributed by atoms with Gasteiger partial charge in [0.1, 0.15) is 80.3 Å². The third-order valence-corrected chi connectivity index (χ3v) is 13.2. The molecular formula is C60H44N8O4. The molecule has 0 spiro atoms. The lowest BCUT2D eigenvalue weighted by atomic mass is 9.95. The number of H-pyrrole nitrogens is 2. The lowest BCUT2D eigenvalue weighted by Gasteiger charge is -2.16. The summed E-state index contributed by atoms with van der Waals surface area (Å²) in [4.78, 5) is 33.8. The summed E-state index contributed by atoms with van der Waals surface area (Å²) in [5, 5.41) is 6.88. The van der Waals surface area contributed by atoms with Crippen molar-refractivity contribution in [1.29, 1.82) is 0 Å². The molecule has 9 aromatic rings. The summed E-state index contributed by atoms with van der Waals surface area (Å²) in [7, 11) is 0. The van der Waals surface area contributed by atoms with Crippen molar-refractivity contribution < 1.29 is 18.9 Å². The van der Waals surface area contributed by atoms with E-state index in [1.807, 2.05) is 192 Å². The molecule has 0 amide bonds. The number of aryl methyl sites for hydroxylation is 4. The highest BCUT2D eigenvalue weighted by molar-refractivity contribution is 6.23.